The lowest BCUT2D eigenvalue weighted by Crippen LogP contribution is -2.53. The third-order valence-electron chi connectivity index (χ3n) is 6.86. The lowest BCUT2D eigenvalue weighted by molar-refractivity contribution is -0.376. The second kappa shape index (κ2) is 11.4. The van der Waals surface area contributed by atoms with Crippen molar-refractivity contribution in [1.82, 2.24) is 9.21 Å². The summed E-state index contributed by atoms with van der Waals surface area (Å²) in [5.41, 5.74) is -3.45. The van der Waals surface area contributed by atoms with E-state index in [1.165, 1.54) is 4.31 Å². The Morgan fingerprint density at radius 1 is 0.700 bits per heavy atom. The molecular formula is C27H25BrF6N2O3S. The first-order valence-corrected chi connectivity index (χ1v) is 14.7. The van der Waals surface area contributed by atoms with Gasteiger partial charge in [0.15, 0.2) is 0 Å². The molecule has 0 spiro atoms. The minimum Gasteiger partial charge on any atom is -0.369 e. The van der Waals surface area contributed by atoms with E-state index >= 15 is 0 Å². The fourth-order valence-electron chi connectivity index (χ4n) is 4.48. The van der Waals surface area contributed by atoms with Gasteiger partial charge in [0.25, 0.3) is 5.60 Å². The minimum atomic E-state index is -5.94. The van der Waals surface area contributed by atoms with E-state index < -0.39 is 33.5 Å². The van der Waals surface area contributed by atoms with Crippen LogP contribution in [0.25, 0.3) is 11.1 Å². The Kier molecular flexibility index (Phi) is 8.72. The molecule has 13 heteroatoms. The maximum Gasteiger partial charge on any atom is 0.430 e. The number of aliphatic hydroxyl groups is 1. The van der Waals surface area contributed by atoms with Crippen LogP contribution in [0.5, 0.6) is 0 Å². The Morgan fingerprint density at radius 2 is 1.15 bits per heavy atom. The van der Waals surface area contributed by atoms with E-state index in [9.17, 15) is 39.9 Å². The molecule has 0 unspecified atom stereocenters. The quantitative estimate of drug-likeness (QED) is 0.249. The summed E-state index contributed by atoms with van der Waals surface area (Å²) in [5.74, 6) is 0. The number of alkyl halides is 7. The van der Waals surface area contributed by atoms with E-state index in [2.05, 4.69) is 20.8 Å². The highest BCUT2D eigenvalue weighted by Crippen LogP contribution is 2.50. The van der Waals surface area contributed by atoms with Crippen LogP contribution in [0.2, 0.25) is 0 Å². The van der Waals surface area contributed by atoms with Gasteiger partial charge < -0.3 is 5.11 Å². The summed E-state index contributed by atoms with van der Waals surface area (Å²) < 4.78 is 106. The Balaban J connectivity index is 1.38. The van der Waals surface area contributed by atoms with Gasteiger partial charge in [0.2, 0.25) is 10.0 Å². The number of hydrogen-bond acceptors (Lipinski definition) is 4. The van der Waals surface area contributed by atoms with Crippen LogP contribution < -0.4 is 0 Å². The second-order valence-electron chi connectivity index (χ2n) is 9.44. The van der Waals surface area contributed by atoms with E-state index in [0.717, 1.165) is 23.3 Å². The Labute approximate surface area is 236 Å². The maximum atomic E-state index is 13.1. The highest BCUT2D eigenvalue weighted by atomic mass is 79.9. The van der Waals surface area contributed by atoms with Crippen LogP contribution in [0.1, 0.15) is 16.7 Å². The second-order valence-corrected chi connectivity index (χ2v) is 11.9. The molecule has 1 aliphatic heterocycles. The number of halogens is 7. The van der Waals surface area contributed by atoms with Gasteiger partial charge in [0.1, 0.15) is 0 Å². The van der Waals surface area contributed by atoms with Crippen LogP contribution in [-0.2, 0) is 27.5 Å². The number of piperazine rings is 1. The van der Waals surface area contributed by atoms with Gasteiger partial charge in [-0.15, -0.1) is 0 Å². The lowest BCUT2D eigenvalue weighted by Gasteiger charge is -2.34. The van der Waals surface area contributed by atoms with Gasteiger partial charge in [-0.05, 0) is 34.4 Å². The van der Waals surface area contributed by atoms with Gasteiger partial charge in [-0.1, -0.05) is 76.6 Å². The van der Waals surface area contributed by atoms with Gasteiger partial charge in [-0.25, -0.2) is 8.42 Å². The standard InChI is InChI=1S/C27H25BrF6N2O3S/c28-17-19-3-11-24(12-4-19)40(38,39)36-15-13-35(14-16-36)18-20-1-5-21(6-2-20)22-7-9-23(10-8-22)25(37,26(29,30)31)27(32,33)34/h1-12,37H,13-18H2. The summed E-state index contributed by atoms with van der Waals surface area (Å²) in [6, 6.07) is 17.1. The molecule has 3 aromatic carbocycles. The van der Waals surface area contributed by atoms with Crippen molar-refractivity contribution in [3.05, 3.63) is 89.5 Å². The largest absolute Gasteiger partial charge is 0.430 e. The molecule has 216 valence electrons. The van der Waals surface area contributed by atoms with Gasteiger partial charge in [0, 0.05) is 43.6 Å². The highest BCUT2D eigenvalue weighted by Gasteiger charge is 2.71. The molecule has 1 saturated heterocycles. The highest BCUT2D eigenvalue weighted by molar-refractivity contribution is 9.08. The van der Waals surface area contributed by atoms with Gasteiger partial charge in [0.05, 0.1) is 4.90 Å². The molecule has 1 fully saturated rings. The average molecular weight is 651 g/mol. The molecule has 1 aliphatic rings. The summed E-state index contributed by atoms with van der Waals surface area (Å²) in [4.78, 5) is 2.34. The molecule has 4 rings (SSSR count). The summed E-state index contributed by atoms with van der Waals surface area (Å²) in [6.07, 6.45) is -11.9. The van der Waals surface area contributed by atoms with Crippen molar-refractivity contribution in [2.24, 2.45) is 0 Å². The predicted octanol–water partition coefficient (Wildman–Crippen LogP) is 6.07. The lowest BCUT2D eigenvalue weighted by atomic mass is 9.90. The van der Waals surface area contributed by atoms with Crippen LogP contribution in [-0.4, -0.2) is 61.3 Å². The molecule has 1 N–H and O–H groups in total. The topological polar surface area (TPSA) is 60.9 Å². The number of hydrogen-bond donors (Lipinski definition) is 1. The number of benzene rings is 3. The molecule has 0 radical (unpaired) electrons. The average Bonchev–Trinajstić information content (AvgIpc) is 2.92. The molecule has 0 bridgehead atoms. The zero-order valence-electron chi connectivity index (χ0n) is 20.9. The van der Waals surface area contributed by atoms with E-state index in [1.54, 1.807) is 48.5 Å². The smallest absolute Gasteiger partial charge is 0.369 e. The number of rotatable bonds is 7. The first kappa shape index (κ1) is 30.5. The van der Waals surface area contributed by atoms with Gasteiger partial charge >= 0.3 is 12.4 Å². The van der Waals surface area contributed by atoms with Crippen molar-refractivity contribution in [3.8, 4) is 11.1 Å². The summed E-state index contributed by atoms with van der Waals surface area (Å²) in [7, 11) is -3.60. The maximum absolute atomic E-state index is 13.1. The molecule has 40 heavy (non-hydrogen) atoms. The van der Waals surface area contributed by atoms with Gasteiger partial charge in [-0.3, -0.25) is 4.90 Å². The molecule has 5 nitrogen and oxygen atoms in total. The molecule has 1 heterocycles. The third kappa shape index (κ3) is 6.08. The fraction of sp³-hybridized carbons (Fsp3) is 0.333. The summed E-state index contributed by atoms with van der Waals surface area (Å²) in [6.45, 7) is 2.23. The molecule has 0 saturated carbocycles. The zero-order chi connectivity index (χ0) is 29.3. The number of nitrogens with zero attached hydrogens (tertiary/aromatic N) is 2. The molecule has 3 aromatic rings. The van der Waals surface area contributed by atoms with Crippen LogP contribution >= 0.6 is 15.9 Å². The van der Waals surface area contributed by atoms with Crippen LogP contribution in [0.15, 0.2) is 77.7 Å². The summed E-state index contributed by atoms with van der Waals surface area (Å²) >= 11 is 3.34. The predicted molar refractivity (Wildman–Crippen MR) is 141 cm³/mol. The molecule has 0 aliphatic carbocycles. The van der Waals surface area contributed by atoms with Crippen molar-refractivity contribution >= 4 is 26.0 Å². The first-order valence-electron chi connectivity index (χ1n) is 12.1. The van der Waals surface area contributed by atoms with E-state index in [0.29, 0.717) is 61.3 Å². The minimum absolute atomic E-state index is 0.246. The van der Waals surface area contributed by atoms with Gasteiger partial charge in [-0.2, -0.15) is 30.6 Å². The Hall–Kier alpha value is -2.45. The van der Waals surface area contributed by atoms with Crippen LogP contribution in [0.4, 0.5) is 26.3 Å². The Morgan fingerprint density at radius 3 is 1.60 bits per heavy atom. The van der Waals surface area contributed by atoms with Crippen molar-refractivity contribution in [2.75, 3.05) is 26.2 Å². The SMILES string of the molecule is O=S(=O)(c1ccc(CBr)cc1)N1CCN(Cc2ccc(-c3ccc(C(O)(C(F)(F)F)C(F)(F)F)cc3)cc2)CC1. The van der Waals surface area contributed by atoms with E-state index in [4.69, 9.17) is 0 Å². The van der Waals surface area contributed by atoms with E-state index in [1.807, 2.05) is 0 Å². The summed E-state index contributed by atoms with van der Waals surface area (Å²) in [5, 5.41) is 10.2. The normalized spacial score (nSPS) is 16.3. The molecule has 0 atom stereocenters. The first-order chi connectivity index (χ1) is 18.7. The molecule has 0 aromatic heterocycles. The Bertz CT molecular complexity index is 1390. The van der Waals surface area contributed by atoms with Crippen molar-refractivity contribution in [2.45, 2.75) is 34.7 Å². The number of sulfonamides is 1. The molecule has 0 amide bonds. The zero-order valence-corrected chi connectivity index (χ0v) is 23.3. The molecular weight excluding hydrogens is 626 g/mol. The monoisotopic (exact) mass is 650 g/mol. The third-order valence-corrected chi connectivity index (χ3v) is 9.42. The van der Waals surface area contributed by atoms with Crippen molar-refractivity contribution in [1.29, 1.82) is 0 Å². The fourth-order valence-corrected chi connectivity index (χ4v) is 6.28. The van der Waals surface area contributed by atoms with E-state index in [-0.39, 0.29) is 4.90 Å². The van der Waals surface area contributed by atoms with Crippen molar-refractivity contribution in [3.63, 3.8) is 0 Å². The van der Waals surface area contributed by atoms with Crippen LogP contribution in [0.3, 0.4) is 0 Å². The van der Waals surface area contributed by atoms with Crippen LogP contribution in [0, 0.1) is 0 Å². The van der Waals surface area contributed by atoms with Crippen molar-refractivity contribution < 1.29 is 39.9 Å².